The maximum absolute atomic E-state index is 11.8. The Kier molecular flexibility index (Phi) is 3.65. The van der Waals surface area contributed by atoms with Gasteiger partial charge in [-0.05, 0) is 18.6 Å². The van der Waals surface area contributed by atoms with E-state index in [4.69, 9.17) is 11.6 Å². The van der Waals surface area contributed by atoms with Crippen molar-refractivity contribution in [1.82, 2.24) is 15.2 Å². The minimum atomic E-state index is -0.332. The van der Waals surface area contributed by atoms with Gasteiger partial charge < -0.3 is 0 Å². The molecule has 0 fully saturated rings. The first-order valence-corrected chi connectivity index (χ1v) is 6.14. The first-order valence-electron chi connectivity index (χ1n) is 4.95. The van der Waals surface area contributed by atoms with Crippen LogP contribution in [0.25, 0.3) is 0 Å². The maximum Gasteiger partial charge on any atom is 0.260 e. The van der Waals surface area contributed by atoms with Crippen LogP contribution in [-0.4, -0.2) is 21.1 Å². The van der Waals surface area contributed by atoms with Crippen LogP contribution in [0.3, 0.4) is 0 Å². The molecule has 0 aromatic carbocycles. The number of nitrogens with one attached hydrogen (secondary N) is 1. The summed E-state index contributed by atoms with van der Waals surface area (Å²) >= 11 is 7.16. The number of carbonyl (C=O) groups excluding carboxylic acids is 1. The predicted molar refractivity (Wildman–Crippen MR) is 66.5 cm³/mol. The molecule has 2 rings (SSSR count). The van der Waals surface area contributed by atoms with Crippen molar-refractivity contribution >= 4 is 34.0 Å². The summed E-state index contributed by atoms with van der Waals surface area (Å²) < 4.78 is 0. The van der Waals surface area contributed by atoms with E-state index in [1.165, 1.54) is 17.5 Å². The molecule has 0 saturated carbocycles. The second-order valence-electron chi connectivity index (χ2n) is 3.15. The summed E-state index contributed by atoms with van der Waals surface area (Å²) in [6.45, 7) is 1.98. The van der Waals surface area contributed by atoms with Gasteiger partial charge >= 0.3 is 0 Å². The number of anilines is 1. The van der Waals surface area contributed by atoms with Gasteiger partial charge in [0, 0.05) is 6.20 Å². The van der Waals surface area contributed by atoms with Crippen molar-refractivity contribution in [2.24, 2.45) is 0 Å². The van der Waals surface area contributed by atoms with Gasteiger partial charge in [-0.1, -0.05) is 29.9 Å². The van der Waals surface area contributed by atoms with Gasteiger partial charge in [0.2, 0.25) is 5.13 Å². The zero-order valence-electron chi connectivity index (χ0n) is 8.98. The highest BCUT2D eigenvalue weighted by molar-refractivity contribution is 7.15. The lowest BCUT2D eigenvalue weighted by molar-refractivity contribution is 0.102. The normalized spacial score (nSPS) is 10.2. The fourth-order valence-corrected chi connectivity index (χ4v) is 2.05. The Bertz CT molecular complexity index is 543. The standard InChI is InChI=1S/C10H9ClN4OS/c1-2-7-14-15-10(17-7)13-9(16)6-4-3-5-12-8(6)11/h3-5H,2H2,1H3,(H,13,15,16). The van der Waals surface area contributed by atoms with Crippen molar-refractivity contribution in [2.45, 2.75) is 13.3 Å². The molecule has 2 heterocycles. The van der Waals surface area contributed by atoms with Crippen molar-refractivity contribution in [1.29, 1.82) is 0 Å². The van der Waals surface area contributed by atoms with Gasteiger partial charge in [0.25, 0.3) is 5.91 Å². The van der Waals surface area contributed by atoms with Crippen LogP contribution in [-0.2, 0) is 6.42 Å². The van der Waals surface area contributed by atoms with Crippen LogP contribution in [0.2, 0.25) is 5.15 Å². The highest BCUT2D eigenvalue weighted by atomic mass is 35.5. The van der Waals surface area contributed by atoms with Gasteiger partial charge in [0.1, 0.15) is 10.2 Å². The Hall–Kier alpha value is -1.53. The SMILES string of the molecule is CCc1nnc(NC(=O)c2cccnc2Cl)s1. The molecule has 0 aliphatic carbocycles. The monoisotopic (exact) mass is 268 g/mol. The predicted octanol–water partition coefficient (Wildman–Crippen LogP) is 2.40. The van der Waals surface area contributed by atoms with Crippen LogP contribution in [0, 0.1) is 0 Å². The van der Waals surface area contributed by atoms with Gasteiger partial charge in [-0.25, -0.2) is 4.98 Å². The first-order chi connectivity index (χ1) is 8.20. The number of nitrogens with zero attached hydrogens (tertiary/aromatic N) is 3. The second-order valence-corrected chi connectivity index (χ2v) is 4.57. The zero-order valence-corrected chi connectivity index (χ0v) is 10.5. The fourth-order valence-electron chi connectivity index (χ4n) is 1.17. The molecule has 0 aliphatic heterocycles. The van der Waals surface area contributed by atoms with Gasteiger partial charge in [0.05, 0.1) is 5.56 Å². The second kappa shape index (κ2) is 5.20. The number of amides is 1. The highest BCUT2D eigenvalue weighted by Crippen LogP contribution is 2.18. The molecular formula is C10H9ClN4OS. The smallest absolute Gasteiger partial charge is 0.260 e. The molecule has 0 saturated heterocycles. The number of carbonyl (C=O) groups is 1. The summed E-state index contributed by atoms with van der Waals surface area (Å²) in [4.78, 5) is 15.7. The van der Waals surface area contributed by atoms with E-state index in [9.17, 15) is 4.79 Å². The van der Waals surface area contributed by atoms with Crippen LogP contribution in [0.1, 0.15) is 22.3 Å². The Morgan fingerprint density at radius 3 is 3.00 bits per heavy atom. The molecule has 2 aromatic rings. The molecule has 0 spiro atoms. The minimum absolute atomic E-state index is 0.172. The van der Waals surface area contributed by atoms with Crippen LogP contribution in [0.4, 0.5) is 5.13 Å². The number of rotatable bonds is 3. The van der Waals surface area contributed by atoms with Crippen molar-refractivity contribution in [3.05, 3.63) is 34.1 Å². The van der Waals surface area contributed by atoms with E-state index in [0.717, 1.165) is 11.4 Å². The molecule has 5 nitrogen and oxygen atoms in total. The molecule has 17 heavy (non-hydrogen) atoms. The third kappa shape index (κ3) is 2.78. The summed E-state index contributed by atoms with van der Waals surface area (Å²) in [5.74, 6) is -0.332. The van der Waals surface area contributed by atoms with Gasteiger partial charge in [-0.15, -0.1) is 10.2 Å². The van der Waals surface area contributed by atoms with Crippen molar-refractivity contribution in [3.8, 4) is 0 Å². The number of hydrogen-bond donors (Lipinski definition) is 1. The van der Waals surface area contributed by atoms with E-state index in [2.05, 4.69) is 20.5 Å². The van der Waals surface area contributed by atoms with E-state index in [1.54, 1.807) is 12.1 Å². The van der Waals surface area contributed by atoms with Crippen LogP contribution >= 0.6 is 22.9 Å². The summed E-state index contributed by atoms with van der Waals surface area (Å²) in [6, 6.07) is 3.25. The third-order valence-electron chi connectivity index (χ3n) is 1.99. The molecule has 1 amide bonds. The Morgan fingerprint density at radius 2 is 2.35 bits per heavy atom. The van der Waals surface area contributed by atoms with Crippen molar-refractivity contribution in [3.63, 3.8) is 0 Å². The average molecular weight is 269 g/mol. The molecule has 1 N–H and O–H groups in total. The minimum Gasteiger partial charge on any atom is -0.296 e. The van der Waals surface area contributed by atoms with Crippen molar-refractivity contribution < 1.29 is 4.79 Å². The van der Waals surface area contributed by atoms with E-state index >= 15 is 0 Å². The number of halogens is 1. The van der Waals surface area contributed by atoms with Crippen LogP contribution in [0.15, 0.2) is 18.3 Å². The third-order valence-corrected chi connectivity index (χ3v) is 3.28. The molecule has 88 valence electrons. The van der Waals surface area contributed by atoms with E-state index in [1.807, 2.05) is 6.92 Å². The van der Waals surface area contributed by atoms with Gasteiger partial charge in [-0.2, -0.15) is 0 Å². The molecule has 7 heteroatoms. The fraction of sp³-hybridized carbons (Fsp3) is 0.200. The highest BCUT2D eigenvalue weighted by Gasteiger charge is 2.13. The van der Waals surface area contributed by atoms with E-state index in [0.29, 0.717) is 10.7 Å². The lowest BCUT2D eigenvalue weighted by atomic mass is 10.3. The number of hydrogen-bond acceptors (Lipinski definition) is 5. The van der Waals surface area contributed by atoms with E-state index in [-0.39, 0.29) is 11.1 Å². The van der Waals surface area contributed by atoms with Crippen molar-refractivity contribution in [2.75, 3.05) is 5.32 Å². The molecule has 0 radical (unpaired) electrons. The van der Waals surface area contributed by atoms with E-state index < -0.39 is 0 Å². The summed E-state index contributed by atoms with van der Waals surface area (Å²) in [5.41, 5.74) is 0.322. The lowest BCUT2D eigenvalue weighted by Gasteiger charge is -2.01. The van der Waals surface area contributed by atoms with Gasteiger partial charge in [0.15, 0.2) is 0 Å². The Balaban J connectivity index is 2.14. The Morgan fingerprint density at radius 1 is 1.53 bits per heavy atom. The number of aromatic nitrogens is 3. The number of aryl methyl sites for hydroxylation is 1. The topological polar surface area (TPSA) is 67.8 Å². The van der Waals surface area contributed by atoms with Crippen LogP contribution < -0.4 is 5.32 Å². The molecule has 0 aliphatic rings. The van der Waals surface area contributed by atoms with Gasteiger partial charge in [-0.3, -0.25) is 10.1 Å². The largest absolute Gasteiger partial charge is 0.296 e. The van der Waals surface area contributed by atoms with Crippen LogP contribution in [0.5, 0.6) is 0 Å². The molecular weight excluding hydrogens is 260 g/mol. The first kappa shape index (κ1) is 11.9. The molecule has 0 bridgehead atoms. The average Bonchev–Trinajstić information content (AvgIpc) is 2.77. The molecule has 0 atom stereocenters. The zero-order chi connectivity index (χ0) is 12.3. The molecule has 0 unspecified atom stereocenters. The quantitative estimate of drug-likeness (QED) is 0.868. The Labute approximate surface area is 107 Å². The summed E-state index contributed by atoms with van der Waals surface area (Å²) in [7, 11) is 0. The maximum atomic E-state index is 11.8. The lowest BCUT2D eigenvalue weighted by Crippen LogP contribution is -2.12. The number of pyridine rings is 1. The summed E-state index contributed by atoms with van der Waals surface area (Å²) in [6.07, 6.45) is 2.32. The summed E-state index contributed by atoms with van der Waals surface area (Å²) in [5, 5.41) is 11.9. The molecule has 2 aromatic heterocycles.